The van der Waals surface area contributed by atoms with Gasteiger partial charge in [-0.3, -0.25) is 4.79 Å². The molecule has 0 fully saturated rings. The fraction of sp³-hybridized carbons (Fsp3) is 0.857. The van der Waals surface area contributed by atoms with Gasteiger partial charge in [0.25, 0.3) is 0 Å². The predicted octanol–water partition coefficient (Wildman–Crippen LogP) is 0.585. The van der Waals surface area contributed by atoms with Gasteiger partial charge in [0.15, 0.2) is 0 Å². The first-order valence-corrected chi connectivity index (χ1v) is 4.24. The molecule has 0 heterocycles. The van der Waals surface area contributed by atoms with Gasteiger partial charge in [-0.1, -0.05) is 0 Å². The largest absolute Gasteiger partial charge is 0.461 e. The smallest absolute Gasteiger partial charge is 0.302 e. The van der Waals surface area contributed by atoms with E-state index in [9.17, 15) is 4.79 Å². The second-order valence-corrected chi connectivity index (χ2v) is 2.97. The topological polar surface area (TPSA) is 52.3 Å². The highest BCUT2D eigenvalue weighted by Crippen LogP contribution is 2.03. The first kappa shape index (κ1) is 10.8. The molecule has 0 bridgehead atoms. The maximum absolute atomic E-state index is 10.5. The molecule has 11 heavy (non-hydrogen) atoms. The summed E-state index contributed by atoms with van der Waals surface area (Å²) in [7, 11) is 0. The van der Waals surface area contributed by atoms with Crippen LogP contribution in [0.2, 0.25) is 0 Å². The zero-order valence-corrected chi connectivity index (χ0v) is 7.80. The van der Waals surface area contributed by atoms with Crippen LogP contribution in [0.15, 0.2) is 0 Å². The van der Waals surface area contributed by atoms with Crippen molar-refractivity contribution in [2.75, 3.05) is 5.75 Å². The van der Waals surface area contributed by atoms with Gasteiger partial charge < -0.3 is 10.5 Å². The van der Waals surface area contributed by atoms with E-state index in [-0.39, 0.29) is 18.1 Å². The van der Waals surface area contributed by atoms with Crippen LogP contribution in [0.5, 0.6) is 0 Å². The summed E-state index contributed by atoms with van der Waals surface area (Å²) in [5, 5.41) is 0. The Morgan fingerprint density at radius 2 is 2.27 bits per heavy atom. The number of rotatable bonds is 4. The van der Waals surface area contributed by atoms with E-state index >= 15 is 0 Å². The molecule has 0 aromatic rings. The number of carbonyl (C=O) groups excluding carboxylic acids is 1. The molecule has 2 N–H and O–H groups in total. The van der Waals surface area contributed by atoms with Gasteiger partial charge in [-0.05, 0) is 19.1 Å². The maximum atomic E-state index is 10.5. The number of hydrogen-bond donors (Lipinski definition) is 2. The van der Waals surface area contributed by atoms with Gasteiger partial charge in [-0.2, -0.15) is 12.6 Å². The van der Waals surface area contributed by atoms with Crippen molar-refractivity contribution in [2.45, 2.75) is 32.4 Å². The Labute approximate surface area is 72.7 Å². The number of ether oxygens (including phenoxy) is 1. The Morgan fingerprint density at radius 1 is 1.73 bits per heavy atom. The molecule has 2 unspecified atom stereocenters. The second kappa shape index (κ2) is 5.43. The lowest BCUT2D eigenvalue weighted by Gasteiger charge is -2.19. The van der Waals surface area contributed by atoms with Crippen LogP contribution in [0.3, 0.4) is 0 Å². The zero-order valence-electron chi connectivity index (χ0n) is 6.91. The normalized spacial score (nSPS) is 15.6. The third-order valence-electron chi connectivity index (χ3n) is 1.32. The van der Waals surface area contributed by atoms with Crippen LogP contribution in [0.4, 0.5) is 0 Å². The molecule has 0 saturated carbocycles. The van der Waals surface area contributed by atoms with Crippen molar-refractivity contribution < 1.29 is 9.53 Å². The molecule has 3 nitrogen and oxygen atoms in total. The highest BCUT2D eigenvalue weighted by molar-refractivity contribution is 7.80. The third-order valence-corrected chi connectivity index (χ3v) is 1.58. The average molecular weight is 177 g/mol. The van der Waals surface area contributed by atoms with Crippen molar-refractivity contribution in [2.24, 2.45) is 5.73 Å². The van der Waals surface area contributed by atoms with E-state index in [1.165, 1.54) is 6.92 Å². The Kier molecular flexibility index (Phi) is 5.32. The van der Waals surface area contributed by atoms with E-state index in [0.717, 1.165) is 0 Å². The summed E-state index contributed by atoms with van der Waals surface area (Å²) in [6.07, 6.45) is 0.519. The van der Waals surface area contributed by atoms with Crippen molar-refractivity contribution in [3.8, 4) is 0 Å². The predicted molar refractivity (Wildman–Crippen MR) is 47.7 cm³/mol. The molecule has 0 saturated heterocycles. The third kappa shape index (κ3) is 5.09. The van der Waals surface area contributed by atoms with E-state index < -0.39 is 0 Å². The van der Waals surface area contributed by atoms with Crippen molar-refractivity contribution >= 4 is 18.6 Å². The fourth-order valence-electron chi connectivity index (χ4n) is 0.770. The van der Waals surface area contributed by atoms with Gasteiger partial charge in [-0.15, -0.1) is 0 Å². The Bertz CT molecular complexity index is 128. The van der Waals surface area contributed by atoms with Gasteiger partial charge in [-0.25, -0.2) is 0 Å². The zero-order chi connectivity index (χ0) is 8.85. The van der Waals surface area contributed by atoms with E-state index in [1.807, 2.05) is 6.92 Å². The number of esters is 1. The molecule has 0 radical (unpaired) electrons. The van der Waals surface area contributed by atoms with Crippen molar-refractivity contribution in [3.63, 3.8) is 0 Å². The molecular formula is C7H15NO2S. The molecule has 0 spiro atoms. The highest BCUT2D eigenvalue weighted by atomic mass is 32.1. The minimum atomic E-state index is -0.283. The molecular weight excluding hydrogens is 162 g/mol. The van der Waals surface area contributed by atoms with Crippen LogP contribution in [0.1, 0.15) is 20.3 Å². The molecule has 66 valence electrons. The maximum Gasteiger partial charge on any atom is 0.302 e. The lowest BCUT2D eigenvalue weighted by Crippen LogP contribution is -2.35. The highest BCUT2D eigenvalue weighted by Gasteiger charge is 2.15. The van der Waals surface area contributed by atoms with Gasteiger partial charge >= 0.3 is 5.97 Å². The summed E-state index contributed by atoms with van der Waals surface area (Å²) in [6.45, 7) is 3.20. The van der Waals surface area contributed by atoms with Crippen molar-refractivity contribution in [1.82, 2.24) is 0 Å². The number of carbonyl (C=O) groups is 1. The first-order chi connectivity index (χ1) is 5.07. The summed E-state index contributed by atoms with van der Waals surface area (Å²) < 4.78 is 4.94. The van der Waals surface area contributed by atoms with E-state index in [1.54, 1.807) is 0 Å². The standard InChI is InChI=1S/C7H15NO2S/c1-5(8)7(3-4-11)10-6(2)9/h5,7,11H,3-4,8H2,1-2H3. The van der Waals surface area contributed by atoms with Crippen LogP contribution in [-0.4, -0.2) is 23.9 Å². The SMILES string of the molecule is CC(=O)OC(CCS)C(C)N. The van der Waals surface area contributed by atoms with Crippen LogP contribution in [-0.2, 0) is 9.53 Å². The minimum absolute atomic E-state index is 0.119. The van der Waals surface area contributed by atoms with Gasteiger partial charge in [0.05, 0.1) is 0 Å². The van der Waals surface area contributed by atoms with Crippen molar-refractivity contribution in [1.29, 1.82) is 0 Å². The van der Waals surface area contributed by atoms with Gasteiger partial charge in [0.2, 0.25) is 0 Å². The van der Waals surface area contributed by atoms with Crippen LogP contribution in [0, 0.1) is 0 Å². The number of hydrogen-bond acceptors (Lipinski definition) is 4. The van der Waals surface area contributed by atoms with Crippen molar-refractivity contribution in [3.05, 3.63) is 0 Å². The van der Waals surface area contributed by atoms with Crippen LogP contribution in [0.25, 0.3) is 0 Å². The molecule has 0 aliphatic rings. The van der Waals surface area contributed by atoms with E-state index in [2.05, 4.69) is 12.6 Å². The van der Waals surface area contributed by atoms with Crippen LogP contribution >= 0.6 is 12.6 Å². The quantitative estimate of drug-likeness (QED) is 0.488. The molecule has 0 aromatic carbocycles. The molecule has 0 rings (SSSR count). The lowest BCUT2D eigenvalue weighted by atomic mass is 10.1. The van der Waals surface area contributed by atoms with Crippen LogP contribution < -0.4 is 5.73 Å². The molecule has 4 heteroatoms. The summed E-state index contributed by atoms with van der Waals surface area (Å²) in [5.74, 6) is 0.397. The molecule has 2 atom stereocenters. The summed E-state index contributed by atoms with van der Waals surface area (Å²) in [6, 6.07) is -0.119. The summed E-state index contributed by atoms with van der Waals surface area (Å²) in [4.78, 5) is 10.5. The average Bonchev–Trinajstić information content (AvgIpc) is 1.86. The fourth-order valence-corrected chi connectivity index (χ4v) is 1.02. The van der Waals surface area contributed by atoms with Gasteiger partial charge in [0, 0.05) is 13.0 Å². The Morgan fingerprint density at radius 3 is 2.55 bits per heavy atom. The number of thiol groups is 1. The molecule has 0 amide bonds. The lowest BCUT2D eigenvalue weighted by molar-refractivity contribution is -0.147. The second-order valence-electron chi connectivity index (χ2n) is 2.52. The molecule has 0 aromatic heterocycles. The molecule has 0 aliphatic carbocycles. The molecule has 0 aliphatic heterocycles. The number of nitrogens with two attached hydrogens (primary N) is 1. The summed E-state index contributed by atoms with van der Waals surface area (Å²) >= 11 is 4.03. The first-order valence-electron chi connectivity index (χ1n) is 3.61. The van der Waals surface area contributed by atoms with Gasteiger partial charge in [0.1, 0.15) is 6.10 Å². The monoisotopic (exact) mass is 177 g/mol. The van der Waals surface area contributed by atoms with E-state index in [0.29, 0.717) is 12.2 Å². The Hall–Kier alpha value is -0.220. The summed E-state index contributed by atoms with van der Waals surface area (Å²) in [5.41, 5.74) is 5.56. The Balaban J connectivity index is 3.79. The van der Waals surface area contributed by atoms with E-state index in [4.69, 9.17) is 10.5 Å². The minimum Gasteiger partial charge on any atom is -0.461 e.